The summed E-state index contributed by atoms with van der Waals surface area (Å²) < 4.78 is 47.7. The van der Waals surface area contributed by atoms with Crippen LogP contribution in [0.5, 0.6) is 5.75 Å². The Morgan fingerprint density at radius 3 is 2.63 bits per heavy atom. The van der Waals surface area contributed by atoms with Crippen LogP contribution in [-0.4, -0.2) is 73.7 Å². The molecule has 13 heteroatoms. The molecule has 1 aliphatic heterocycles. The largest absolute Gasteiger partial charge is 0.543 e. The predicted molar refractivity (Wildman–Crippen MR) is 161 cm³/mol. The fourth-order valence-electron chi connectivity index (χ4n) is 4.48. The zero-order valence-corrected chi connectivity index (χ0v) is 27.2. The highest BCUT2D eigenvalue weighted by Crippen LogP contribution is 2.39. The van der Waals surface area contributed by atoms with Crippen molar-refractivity contribution >= 4 is 29.3 Å². The van der Waals surface area contributed by atoms with Gasteiger partial charge in [0.1, 0.15) is 17.1 Å². The first-order valence-electron chi connectivity index (χ1n) is 14.4. The van der Waals surface area contributed by atoms with E-state index < -0.39 is 24.5 Å². The minimum Gasteiger partial charge on any atom is -0.543 e. The molecule has 0 bridgehead atoms. The zero-order chi connectivity index (χ0) is 29.8. The van der Waals surface area contributed by atoms with Gasteiger partial charge in [0.25, 0.3) is 10.1 Å². The van der Waals surface area contributed by atoms with Crippen molar-refractivity contribution in [2.24, 2.45) is 0 Å². The molecule has 1 fully saturated rings. The lowest BCUT2D eigenvalue weighted by Crippen LogP contribution is -2.43. The van der Waals surface area contributed by atoms with Crippen LogP contribution < -0.4 is 4.43 Å². The number of ether oxygens (including phenoxy) is 2. The van der Waals surface area contributed by atoms with Gasteiger partial charge < -0.3 is 13.9 Å². The highest BCUT2D eigenvalue weighted by atomic mass is 32.2. The molecule has 2 atom stereocenters. The Balaban J connectivity index is 1.47. The van der Waals surface area contributed by atoms with Crippen LogP contribution in [0.3, 0.4) is 0 Å². The van der Waals surface area contributed by atoms with Crippen LogP contribution in [0.4, 0.5) is 0 Å². The third-order valence-corrected chi connectivity index (χ3v) is 12.8. The first kappa shape index (κ1) is 31.6. The number of benzene rings is 1. The summed E-state index contributed by atoms with van der Waals surface area (Å²) in [4.78, 5) is 1.66. The standard InChI is InChI=1S/C28H45N5O6SSi/c1-21(38-40(5,34)35)14-18-36-16-10-15-32-29-20-24(30-32)27-23-19-22(39-41(6,7)28(2,3)4)12-13-25(23)33(31-27)26-11-8-9-17-37-26/h12-13,19-21,26H,8-11,14-18H2,1-7H3/t21-,26?/m0/s1. The molecule has 0 amide bonds. The van der Waals surface area contributed by atoms with Gasteiger partial charge in [0.05, 0.1) is 30.6 Å². The third kappa shape index (κ3) is 8.37. The molecule has 1 unspecified atom stereocenters. The van der Waals surface area contributed by atoms with Crippen molar-refractivity contribution in [3.8, 4) is 17.1 Å². The molecule has 0 aliphatic carbocycles. The van der Waals surface area contributed by atoms with Gasteiger partial charge in [-0.25, -0.2) is 4.68 Å². The Bertz CT molecular complexity index is 1410. The molecule has 41 heavy (non-hydrogen) atoms. The summed E-state index contributed by atoms with van der Waals surface area (Å²) in [5.41, 5.74) is 2.45. The lowest BCUT2D eigenvalue weighted by molar-refractivity contribution is -0.0365. The second-order valence-corrected chi connectivity index (χ2v) is 18.7. The number of aryl methyl sites for hydroxylation is 1. The maximum atomic E-state index is 11.2. The van der Waals surface area contributed by atoms with Gasteiger partial charge in [0, 0.05) is 25.2 Å². The number of hydrogen-bond donors (Lipinski definition) is 0. The Hall–Kier alpha value is -2.32. The van der Waals surface area contributed by atoms with E-state index in [1.54, 1.807) is 17.9 Å². The Morgan fingerprint density at radius 1 is 1.17 bits per heavy atom. The van der Waals surface area contributed by atoms with Gasteiger partial charge >= 0.3 is 0 Å². The molecule has 1 saturated heterocycles. The molecule has 4 rings (SSSR count). The van der Waals surface area contributed by atoms with Gasteiger partial charge in [-0.3, -0.25) is 4.18 Å². The fraction of sp³-hybridized carbons (Fsp3) is 0.679. The van der Waals surface area contributed by atoms with Crippen LogP contribution >= 0.6 is 0 Å². The summed E-state index contributed by atoms with van der Waals surface area (Å²) in [7, 11) is -5.48. The number of fused-ring (bicyclic) bond motifs is 1. The van der Waals surface area contributed by atoms with Crippen molar-refractivity contribution in [1.29, 1.82) is 0 Å². The average Bonchev–Trinajstić information content (AvgIpc) is 3.49. The molecular formula is C28H45N5O6SSi. The molecule has 3 heterocycles. The topological polar surface area (TPSA) is 120 Å². The van der Waals surface area contributed by atoms with Gasteiger partial charge in [-0.1, -0.05) is 20.8 Å². The molecule has 2 aromatic heterocycles. The molecule has 11 nitrogen and oxygen atoms in total. The van der Waals surface area contributed by atoms with Crippen LogP contribution in [0, 0.1) is 0 Å². The molecule has 0 spiro atoms. The van der Waals surface area contributed by atoms with Crippen LogP contribution in [-0.2, 0) is 30.3 Å². The van der Waals surface area contributed by atoms with Crippen LogP contribution in [0.1, 0.15) is 66.0 Å². The van der Waals surface area contributed by atoms with Gasteiger partial charge in [0.15, 0.2) is 6.23 Å². The maximum absolute atomic E-state index is 11.2. The average molecular weight is 608 g/mol. The summed E-state index contributed by atoms with van der Waals surface area (Å²) in [5, 5.41) is 15.3. The highest BCUT2D eigenvalue weighted by Gasteiger charge is 2.39. The zero-order valence-electron chi connectivity index (χ0n) is 25.4. The molecule has 1 aromatic carbocycles. The van der Waals surface area contributed by atoms with E-state index in [4.69, 9.17) is 28.3 Å². The maximum Gasteiger partial charge on any atom is 0.264 e. The molecule has 0 radical (unpaired) electrons. The predicted octanol–water partition coefficient (Wildman–Crippen LogP) is 5.54. The summed E-state index contributed by atoms with van der Waals surface area (Å²) in [6.45, 7) is 15.2. The summed E-state index contributed by atoms with van der Waals surface area (Å²) in [5.74, 6) is 0.843. The smallest absolute Gasteiger partial charge is 0.264 e. The first-order chi connectivity index (χ1) is 19.2. The quantitative estimate of drug-likeness (QED) is 0.140. The SMILES string of the molecule is C[C@@H](CCOCCCn1ncc(-c2nn(C3CCCCO3)c3ccc(O[Si](C)(C)C(C)(C)C)cc23)n1)OS(C)(=O)=O. The van der Waals surface area contributed by atoms with E-state index in [0.717, 1.165) is 54.5 Å². The van der Waals surface area contributed by atoms with E-state index >= 15 is 0 Å². The normalized spacial score (nSPS) is 17.7. The van der Waals surface area contributed by atoms with Crippen molar-refractivity contribution in [3.05, 3.63) is 24.4 Å². The third-order valence-electron chi connectivity index (χ3n) is 7.72. The molecular weight excluding hydrogens is 562 g/mol. The number of nitrogens with zero attached hydrogens (tertiary/aromatic N) is 5. The lowest BCUT2D eigenvalue weighted by Gasteiger charge is -2.36. The van der Waals surface area contributed by atoms with Gasteiger partial charge in [0.2, 0.25) is 8.32 Å². The van der Waals surface area contributed by atoms with Crippen molar-refractivity contribution in [1.82, 2.24) is 24.8 Å². The summed E-state index contributed by atoms with van der Waals surface area (Å²) in [6.07, 6.45) is 6.59. The minimum atomic E-state index is -3.46. The number of rotatable bonds is 13. The number of hydrogen-bond acceptors (Lipinski definition) is 9. The first-order valence-corrected chi connectivity index (χ1v) is 19.2. The van der Waals surface area contributed by atoms with E-state index in [1.165, 1.54) is 0 Å². The Morgan fingerprint density at radius 2 is 1.95 bits per heavy atom. The van der Waals surface area contributed by atoms with Crippen LogP contribution in [0.15, 0.2) is 24.4 Å². The molecule has 1 aliphatic rings. The lowest BCUT2D eigenvalue weighted by atomic mass is 10.1. The second kappa shape index (κ2) is 12.9. The van der Waals surface area contributed by atoms with E-state index in [0.29, 0.717) is 38.3 Å². The molecule has 228 valence electrons. The van der Waals surface area contributed by atoms with E-state index in [-0.39, 0.29) is 11.3 Å². The monoisotopic (exact) mass is 607 g/mol. The van der Waals surface area contributed by atoms with Crippen molar-refractivity contribution in [2.75, 3.05) is 26.1 Å². The van der Waals surface area contributed by atoms with Gasteiger partial charge in [-0.05, 0) is 75.4 Å². The highest BCUT2D eigenvalue weighted by molar-refractivity contribution is 7.86. The van der Waals surface area contributed by atoms with E-state index in [1.807, 2.05) is 10.7 Å². The van der Waals surface area contributed by atoms with Crippen LogP contribution in [0.25, 0.3) is 22.3 Å². The van der Waals surface area contributed by atoms with Crippen molar-refractivity contribution < 1.29 is 26.5 Å². The summed E-state index contributed by atoms with van der Waals surface area (Å²) >= 11 is 0. The second-order valence-electron chi connectivity index (χ2n) is 12.3. The summed E-state index contributed by atoms with van der Waals surface area (Å²) in [6, 6.07) is 6.20. The number of aromatic nitrogens is 5. The van der Waals surface area contributed by atoms with Crippen molar-refractivity contribution in [3.63, 3.8) is 0 Å². The molecule has 3 aromatic rings. The van der Waals surface area contributed by atoms with E-state index in [9.17, 15) is 8.42 Å². The van der Waals surface area contributed by atoms with Gasteiger partial charge in [-0.15, -0.1) is 0 Å². The van der Waals surface area contributed by atoms with Gasteiger partial charge in [-0.2, -0.15) is 28.5 Å². The fourth-order valence-corrected chi connectivity index (χ4v) is 6.19. The minimum absolute atomic E-state index is 0.0828. The Kier molecular flexibility index (Phi) is 9.95. The van der Waals surface area contributed by atoms with E-state index in [2.05, 4.69) is 51.1 Å². The van der Waals surface area contributed by atoms with Crippen LogP contribution in [0.2, 0.25) is 18.1 Å². The molecule has 0 saturated carbocycles. The van der Waals surface area contributed by atoms with Crippen molar-refractivity contribution in [2.45, 2.75) is 96.8 Å². The molecule has 0 N–H and O–H groups in total. The Labute approximate surface area is 244 Å².